The van der Waals surface area contributed by atoms with E-state index in [0.717, 1.165) is 26.1 Å². The highest BCUT2D eigenvalue weighted by atomic mass is 16.1. The van der Waals surface area contributed by atoms with Crippen LogP contribution in [0.25, 0.3) is 0 Å². The van der Waals surface area contributed by atoms with Crippen LogP contribution in [0.5, 0.6) is 0 Å². The van der Waals surface area contributed by atoms with Crippen LogP contribution in [0.3, 0.4) is 0 Å². The number of rotatable bonds is 4. The fourth-order valence-corrected chi connectivity index (χ4v) is 1.71. The van der Waals surface area contributed by atoms with Crippen LogP contribution < -0.4 is 10.6 Å². The molecule has 13 heavy (non-hydrogen) atoms. The lowest BCUT2D eigenvalue weighted by molar-refractivity contribution is -0.122. The standard InChI is InChI=1S/C9H19N3O/c1-3-12(7-9(13)10-2)8-4-5-11-6-8/h8,11H,3-7H2,1-2H3,(H,10,13). The monoisotopic (exact) mass is 185 g/mol. The third kappa shape index (κ3) is 2.97. The van der Waals surface area contributed by atoms with Crippen molar-refractivity contribution in [3.63, 3.8) is 0 Å². The van der Waals surface area contributed by atoms with Crippen molar-refractivity contribution in [1.29, 1.82) is 0 Å². The summed E-state index contributed by atoms with van der Waals surface area (Å²) < 4.78 is 0. The van der Waals surface area contributed by atoms with E-state index in [1.165, 1.54) is 0 Å². The van der Waals surface area contributed by atoms with E-state index in [2.05, 4.69) is 22.5 Å². The Morgan fingerprint density at radius 1 is 1.69 bits per heavy atom. The first-order valence-electron chi connectivity index (χ1n) is 4.93. The van der Waals surface area contributed by atoms with Gasteiger partial charge in [-0.3, -0.25) is 9.69 Å². The summed E-state index contributed by atoms with van der Waals surface area (Å²) in [6.07, 6.45) is 1.16. The van der Waals surface area contributed by atoms with Gasteiger partial charge >= 0.3 is 0 Å². The molecule has 0 spiro atoms. The van der Waals surface area contributed by atoms with Crippen LogP contribution in [-0.4, -0.2) is 50.1 Å². The predicted octanol–water partition coefficient (Wildman–Crippen LogP) is -0.584. The summed E-state index contributed by atoms with van der Waals surface area (Å²) in [5.74, 6) is 0.105. The molecule has 1 unspecified atom stereocenters. The largest absolute Gasteiger partial charge is 0.358 e. The normalized spacial score (nSPS) is 22.2. The van der Waals surface area contributed by atoms with Gasteiger partial charge in [0, 0.05) is 19.6 Å². The smallest absolute Gasteiger partial charge is 0.233 e. The van der Waals surface area contributed by atoms with Crippen LogP contribution in [0, 0.1) is 0 Å². The summed E-state index contributed by atoms with van der Waals surface area (Å²) in [6, 6.07) is 0.544. The molecule has 0 aromatic carbocycles. The molecule has 1 saturated heterocycles. The molecular formula is C9H19N3O. The number of likely N-dealkylation sites (N-methyl/N-ethyl adjacent to an activating group) is 2. The number of carbonyl (C=O) groups is 1. The molecule has 1 aliphatic heterocycles. The second kappa shape index (κ2) is 5.19. The van der Waals surface area contributed by atoms with Crippen molar-refractivity contribution in [2.75, 3.05) is 33.2 Å². The minimum absolute atomic E-state index is 0.105. The third-order valence-corrected chi connectivity index (χ3v) is 2.58. The van der Waals surface area contributed by atoms with Crippen LogP contribution in [0.15, 0.2) is 0 Å². The Morgan fingerprint density at radius 3 is 2.92 bits per heavy atom. The Hall–Kier alpha value is -0.610. The van der Waals surface area contributed by atoms with Crippen molar-refractivity contribution in [3.05, 3.63) is 0 Å². The highest BCUT2D eigenvalue weighted by Gasteiger charge is 2.22. The number of nitrogens with zero attached hydrogens (tertiary/aromatic N) is 1. The average molecular weight is 185 g/mol. The molecule has 1 amide bonds. The van der Waals surface area contributed by atoms with Crippen molar-refractivity contribution in [3.8, 4) is 0 Å². The molecule has 0 radical (unpaired) electrons. The molecule has 0 aromatic heterocycles. The van der Waals surface area contributed by atoms with Gasteiger partial charge in [-0.2, -0.15) is 0 Å². The molecular weight excluding hydrogens is 166 g/mol. The predicted molar refractivity (Wildman–Crippen MR) is 52.6 cm³/mol. The van der Waals surface area contributed by atoms with Gasteiger partial charge in [0.1, 0.15) is 0 Å². The fourth-order valence-electron chi connectivity index (χ4n) is 1.71. The first-order valence-corrected chi connectivity index (χ1v) is 4.93. The number of carbonyl (C=O) groups excluding carboxylic acids is 1. The van der Waals surface area contributed by atoms with Gasteiger partial charge in [-0.15, -0.1) is 0 Å². The molecule has 1 aliphatic rings. The maximum atomic E-state index is 11.2. The van der Waals surface area contributed by atoms with E-state index < -0.39 is 0 Å². The molecule has 1 heterocycles. The molecule has 0 bridgehead atoms. The van der Waals surface area contributed by atoms with Gasteiger partial charge in [0.05, 0.1) is 6.54 Å². The zero-order chi connectivity index (χ0) is 9.68. The molecule has 2 N–H and O–H groups in total. The lowest BCUT2D eigenvalue weighted by atomic mass is 10.2. The van der Waals surface area contributed by atoms with E-state index in [9.17, 15) is 4.79 Å². The summed E-state index contributed by atoms with van der Waals surface area (Å²) in [4.78, 5) is 13.4. The summed E-state index contributed by atoms with van der Waals surface area (Å²) in [5, 5.41) is 5.96. The summed E-state index contributed by atoms with van der Waals surface area (Å²) in [6.45, 7) is 5.67. The third-order valence-electron chi connectivity index (χ3n) is 2.58. The fraction of sp³-hybridized carbons (Fsp3) is 0.889. The second-order valence-corrected chi connectivity index (χ2v) is 3.38. The SMILES string of the molecule is CCN(CC(=O)NC)C1CCNC1. The Bertz CT molecular complexity index is 166. The molecule has 4 heteroatoms. The Morgan fingerprint density at radius 2 is 2.46 bits per heavy atom. The Kier molecular flexibility index (Phi) is 4.18. The maximum Gasteiger partial charge on any atom is 0.233 e. The molecule has 1 fully saturated rings. The van der Waals surface area contributed by atoms with Crippen molar-refractivity contribution in [2.45, 2.75) is 19.4 Å². The first kappa shape index (κ1) is 10.5. The van der Waals surface area contributed by atoms with Gasteiger partial charge in [-0.05, 0) is 19.5 Å². The van der Waals surface area contributed by atoms with E-state index in [-0.39, 0.29) is 5.91 Å². The zero-order valence-corrected chi connectivity index (χ0v) is 8.47. The van der Waals surface area contributed by atoms with Gasteiger partial charge in [0.2, 0.25) is 5.91 Å². The number of amides is 1. The molecule has 0 aromatic rings. The van der Waals surface area contributed by atoms with Gasteiger partial charge in [-0.1, -0.05) is 6.92 Å². The Balaban J connectivity index is 2.37. The second-order valence-electron chi connectivity index (χ2n) is 3.38. The number of nitrogens with one attached hydrogen (secondary N) is 2. The van der Waals surface area contributed by atoms with Crippen LogP contribution in [0.1, 0.15) is 13.3 Å². The highest BCUT2D eigenvalue weighted by Crippen LogP contribution is 2.07. The lowest BCUT2D eigenvalue weighted by Crippen LogP contribution is -2.43. The Labute approximate surface area is 79.7 Å². The summed E-state index contributed by atoms with van der Waals surface area (Å²) in [5.41, 5.74) is 0. The van der Waals surface area contributed by atoms with Gasteiger partial charge in [-0.25, -0.2) is 0 Å². The topological polar surface area (TPSA) is 44.4 Å². The molecule has 4 nitrogen and oxygen atoms in total. The molecule has 1 atom stereocenters. The van der Waals surface area contributed by atoms with Crippen molar-refractivity contribution in [1.82, 2.24) is 15.5 Å². The quantitative estimate of drug-likeness (QED) is 0.615. The maximum absolute atomic E-state index is 11.2. The van der Waals surface area contributed by atoms with Crippen LogP contribution >= 0.6 is 0 Å². The van der Waals surface area contributed by atoms with Crippen molar-refractivity contribution in [2.24, 2.45) is 0 Å². The summed E-state index contributed by atoms with van der Waals surface area (Å²) >= 11 is 0. The van der Waals surface area contributed by atoms with E-state index in [1.54, 1.807) is 7.05 Å². The van der Waals surface area contributed by atoms with Gasteiger partial charge in [0.25, 0.3) is 0 Å². The van der Waals surface area contributed by atoms with E-state index >= 15 is 0 Å². The van der Waals surface area contributed by atoms with Gasteiger partial charge < -0.3 is 10.6 Å². The van der Waals surface area contributed by atoms with E-state index in [0.29, 0.717) is 12.6 Å². The van der Waals surface area contributed by atoms with Crippen LogP contribution in [0.2, 0.25) is 0 Å². The van der Waals surface area contributed by atoms with Crippen LogP contribution in [-0.2, 0) is 4.79 Å². The van der Waals surface area contributed by atoms with Crippen molar-refractivity contribution >= 4 is 5.91 Å². The molecule has 1 rings (SSSR count). The minimum atomic E-state index is 0.105. The molecule has 76 valence electrons. The molecule has 0 saturated carbocycles. The summed E-state index contributed by atoms with van der Waals surface area (Å²) in [7, 11) is 1.68. The van der Waals surface area contributed by atoms with Crippen LogP contribution in [0.4, 0.5) is 0 Å². The lowest BCUT2D eigenvalue weighted by Gasteiger charge is -2.25. The highest BCUT2D eigenvalue weighted by molar-refractivity contribution is 5.77. The van der Waals surface area contributed by atoms with E-state index in [4.69, 9.17) is 0 Å². The molecule has 0 aliphatic carbocycles. The van der Waals surface area contributed by atoms with E-state index in [1.807, 2.05) is 0 Å². The van der Waals surface area contributed by atoms with Crippen molar-refractivity contribution < 1.29 is 4.79 Å². The first-order chi connectivity index (χ1) is 6.27. The average Bonchev–Trinajstić information content (AvgIpc) is 2.66. The number of hydrogen-bond acceptors (Lipinski definition) is 3. The van der Waals surface area contributed by atoms with Gasteiger partial charge in [0.15, 0.2) is 0 Å². The minimum Gasteiger partial charge on any atom is -0.358 e. The zero-order valence-electron chi connectivity index (χ0n) is 8.47. The number of hydrogen-bond donors (Lipinski definition) is 2.